The normalized spacial score (nSPS) is 11.6. The van der Waals surface area contributed by atoms with Crippen molar-refractivity contribution >= 4 is 17.1 Å². The van der Waals surface area contributed by atoms with Crippen LogP contribution in [0.2, 0.25) is 0 Å². The van der Waals surface area contributed by atoms with Gasteiger partial charge in [-0.2, -0.15) is 0 Å². The standard InChI is InChI=1S/C18H21N3/c1-11-9-12(2)18(13(3)10-11)20-15(5)17-8-6-7-16(21-17)14(4)19/h6-10,19H,1-5H3/b19-14?,20-15+. The number of nitrogens with zero attached hydrogens (tertiary/aromatic N) is 2. The Labute approximate surface area is 126 Å². The summed E-state index contributed by atoms with van der Waals surface area (Å²) >= 11 is 0. The summed E-state index contributed by atoms with van der Waals surface area (Å²) in [5.41, 5.74) is 7.45. The first-order valence-electron chi connectivity index (χ1n) is 7.04. The molecular formula is C18H21N3. The quantitative estimate of drug-likeness (QED) is 0.824. The molecule has 0 saturated carbocycles. The zero-order chi connectivity index (χ0) is 15.6. The summed E-state index contributed by atoms with van der Waals surface area (Å²) < 4.78 is 0. The first-order valence-corrected chi connectivity index (χ1v) is 7.04. The van der Waals surface area contributed by atoms with E-state index >= 15 is 0 Å². The van der Waals surface area contributed by atoms with Crippen molar-refractivity contribution in [3.05, 3.63) is 58.4 Å². The molecule has 1 N–H and O–H groups in total. The Bertz CT molecular complexity index is 704. The Hall–Kier alpha value is -2.29. The topological polar surface area (TPSA) is 49.1 Å². The number of hydrogen-bond acceptors (Lipinski definition) is 3. The Balaban J connectivity index is 2.47. The maximum absolute atomic E-state index is 7.68. The van der Waals surface area contributed by atoms with Gasteiger partial charge in [-0.3, -0.25) is 4.99 Å². The van der Waals surface area contributed by atoms with Crippen LogP contribution in [0.15, 0.2) is 35.3 Å². The third-order valence-electron chi connectivity index (χ3n) is 3.42. The van der Waals surface area contributed by atoms with Crippen molar-refractivity contribution in [2.45, 2.75) is 34.6 Å². The molecule has 1 aromatic carbocycles. The number of benzene rings is 1. The summed E-state index contributed by atoms with van der Waals surface area (Å²) in [4.78, 5) is 9.24. The molecule has 108 valence electrons. The minimum absolute atomic E-state index is 0.465. The van der Waals surface area contributed by atoms with Gasteiger partial charge < -0.3 is 5.41 Å². The number of nitrogens with one attached hydrogen (secondary N) is 1. The Morgan fingerprint density at radius 3 is 2.14 bits per heavy atom. The molecule has 3 heteroatoms. The monoisotopic (exact) mass is 279 g/mol. The van der Waals surface area contributed by atoms with E-state index in [1.54, 1.807) is 6.92 Å². The third kappa shape index (κ3) is 3.43. The summed E-state index contributed by atoms with van der Waals surface area (Å²) in [7, 11) is 0. The number of rotatable bonds is 3. The molecule has 0 aliphatic carbocycles. The highest BCUT2D eigenvalue weighted by Gasteiger charge is 2.06. The summed E-state index contributed by atoms with van der Waals surface area (Å²) in [6.45, 7) is 9.96. The molecule has 2 rings (SSSR count). The first kappa shape index (κ1) is 15.1. The van der Waals surface area contributed by atoms with Crippen molar-refractivity contribution in [1.29, 1.82) is 5.41 Å². The second-order valence-electron chi connectivity index (χ2n) is 5.48. The average Bonchev–Trinajstić information content (AvgIpc) is 2.42. The highest BCUT2D eigenvalue weighted by molar-refractivity contribution is 6.01. The second kappa shape index (κ2) is 6.00. The maximum Gasteiger partial charge on any atom is 0.0849 e. The van der Waals surface area contributed by atoms with E-state index in [0.717, 1.165) is 17.1 Å². The zero-order valence-corrected chi connectivity index (χ0v) is 13.3. The zero-order valence-electron chi connectivity index (χ0n) is 13.3. The van der Waals surface area contributed by atoms with Crippen LogP contribution in [0, 0.1) is 26.2 Å². The van der Waals surface area contributed by atoms with Gasteiger partial charge in [-0.25, -0.2) is 4.98 Å². The highest BCUT2D eigenvalue weighted by atomic mass is 14.8. The summed E-state index contributed by atoms with van der Waals surface area (Å²) in [5.74, 6) is 0. The van der Waals surface area contributed by atoms with Crippen molar-refractivity contribution in [2.24, 2.45) is 4.99 Å². The van der Waals surface area contributed by atoms with Crippen LogP contribution in [-0.2, 0) is 0 Å². The predicted molar refractivity (Wildman–Crippen MR) is 89.3 cm³/mol. The lowest BCUT2D eigenvalue weighted by molar-refractivity contribution is 1.22. The third-order valence-corrected chi connectivity index (χ3v) is 3.42. The lowest BCUT2D eigenvalue weighted by Crippen LogP contribution is -2.04. The van der Waals surface area contributed by atoms with Crippen LogP contribution >= 0.6 is 0 Å². The average molecular weight is 279 g/mol. The molecule has 2 aromatic rings. The number of aromatic nitrogens is 1. The molecule has 0 spiro atoms. The molecule has 0 aliphatic rings. The van der Waals surface area contributed by atoms with Gasteiger partial charge in [0, 0.05) is 0 Å². The molecule has 0 atom stereocenters. The van der Waals surface area contributed by atoms with Crippen molar-refractivity contribution in [3.63, 3.8) is 0 Å². The largest absolute Gasteiger partial charge is 0.303 e. The molecule has 21 heavy (non-hydrogen) atoms. The van der Waals surface area contributed by atoms with Crippen LogP contribution in [0.3, 0.4) is 0 Å². The van der Waals surface area contributed by atoms with Gasteiger partial charge in [0.05, 0.1) is 28.5 Å². The van der Waals surface area contributed by atoms with Crippen molar-refractivity contribution in [3.8, 4) is 0 Å². The first-order chi connectivity index (χ1) is 9.88. The molecule has 0 amide bonds. The molecule has 0 unspecified atom stereocenters. The molecule has 0 bridgehead atoms. The van der Waals surface area contributed by atoms with E-state index in [-0.39, 0.29) is 0 Å². The number of hydrogen-bond donors (Lipinski definition) is 1. The second-order valence-corrected chi connectivity index (χ2v) is 5.48. The van der Waals surface area contributed by atoms with Crippen LogP contribution < -0.4 is 0 Å². The van der Waals surface area contributed by atoms with Gasteiger partial charge in [-0.1, -0.05) is 23.8 Å². The molecular weight excluding hydrogens is 258 g/mol. The van der Waals surface area contributed by atoms with Gasteiger partial charge in [0.2, 0.25) is 0 Å². The summed E-state index contributed by atoms with van der Waals surface area (Å²) in [5, 5.41) is 7.68. The molecule has 1 heterocycles. The van der Waals surface area contributed by atoms with Crippen molar-refractivity contribution in [2.75, 3.05) is 0 Å². The molecule has 3 nitrogen and oxygen atoms in total. The lowest BCUT2D eigenvalue weighted by atomic mass is 10.1. The highest BCUT2D eigenvalue weighted by Crippen LogP contribution is 2.25. The Morgan fingerprint density at radius 1 is 1.00 bits per heavy atom. The van der Waals surface area contributed by atoms with E-state index in [4.69, 9.17) is 10.4 Å². The van der Waals surface area contributed by atoms with Crippen molar-refractivity contribution in [1.82, 2.24) is 4.98 Å². The van der Waals surface area contributed by atoms with Gasteiger partial charge in [0.15, 0.2) is 0 Å². The van der Waals surface area contributed by atoms with Gasteiger partial charge >= 0.3 is 0 Å². The van der Waals surface area contributed by atoms with Gasteiger partial charge in [0.1, 0.15) is 0 Å². The molecule has 0 aliphatic heterocycles. The minimum atomic E-state index is 0.465. The molecule has 1 aromatic heterocycles. The van der Waals surface area contributed by atoms with Gasteiger partial charge in [-0.15, -0.1) is 0 Å². The fourth-order valence-electron chi connectivity index (χ4n) is 2.42. The maximum atomic E-state index is 7.68. The Morgan fingerprint density at radius 2 is 1.57 bits per heavy atom. The predicted octanol–water partition coefficient (Wildman–Crippen LogP) is 4.54. The number of aryl methyl sites for hydroxylation is 3. The molecule has 0 fully saturated rings. The van der Waals surface area contributed by atoms with Crippen LogP contribution in [0.1, 0.15) is 41.9 Å². The smallest absolute Gasteiger partial charge is 0.0849 e. The fraction of sp³-hybridized carbons (Fsp3) is 0.278. The Kier molecular flexibility index (Phi) is 4.32. The van der Waals surface area contributed by atoms with Gasteiger partial charge in [0.25, 0.3) is 0 Å². The fourth-order valence-corrected chi connectivity index (χ4v) is 2.42. The minimum Gasteiger partial charge on any atom is -0.303 e. The van der Waals surface area contributed by atoms with Crippen LogP contribution in [0.4, 0.5) is 5.69 Å². The van der Waals surface area contributed by atoms with E-state index < -0.39 is 0 Å². The number of pyridine rings is 1. The lowest BCUT2D eigenvalue weighted by Gasteiger charge is -2.09. The summed E-state index contributed by atoms with van der Waals surface area (Å²) in [6.07, 6.45) is 0. The van der Waals surface area contributed by atoms with E-state index in [9.17, 15) is 0 Å². The van der Waals surface area contributed by atoms with Gasteiger partial charge in [-0.05, 0) is 57.9 Å². The molecule has 0 saturated heterocycles. The van der Waals surface area contributed by atoms with E-state index in [1.165, 1.54) is 16.7 Å². The van der Waals surface area contributed by atoms with Crippen LogP contribution in [0.5, 0.6) is 0 Å². The van der Waals surface area contributed by atoms with E-state index in [1.807, 2.05) is 25.1 Å². The number of aliphatic imine (C=N–C) groups is 1. The van der Waals surface area contributed by atoms with Crippen LogP contribution in [0.25, 0.3) is 0 Å². The van der Waals surface area contributed by atoms with Crippen LogP contribution in [-0.4, -0.2) is 16.4 Å². The van der Waals surface area contributed by atoms with E-state index in [2.05, 4.69) is 37.9 Å². The SMILES string of the molecule is CC(=N)c1cccc(/C(C)=N/c2c(C)cc(C)cc2C)n1. The molecule has 0 radical (unpaired) electrons. The summed E-state index contributed by atoms with van der Waals surface area (Å²) in [6, 6.07) is 9.99. The van der Waals surface area contributed by atoms with Crippen molar-refractivity contribution < 1.29 is 0 Å². The van der Waals surface area contributed by atoms with E-state index in [0.29, 0.717) is 11.4 Å².